The highest BCUT2D eigenvalue weighted by Crippen LogP contribution is 2.24. The third-order valence-corrected chi connectivity index (χ3v) is 4.31. The van der Waals surface area contributed by atoms with Crippen LogP contribution in [0.3, 0.4) is 0 Å². The molecule has 0 rings (SSSR count). The molecular weight excluding hydrogens is 343 g/mol. The lowest BCUT2D eigenvalue weighted by molar-refractivity contribution is -0.140. The van der Waals surface area contributed by atoms with E-state index in [9.17, 15) is 4.57 Å². The van der Waals surface area contributed by atoms with Crippen molar-refractivity contribution in [1.29, 1.82) is 0 Å². The van der Waals surface area contributed by atoms with Crippen LogP contribution in [0.4, 0.5) is 0 Å². The molecule has 0 amide bonds. The maximum absolute atomic E-state index is 11.4. The average Bonchev–Trinajstić information content (AvgIpc) is 2.60. The van der Waals surface area contributed by atoms with Crippen molar-refractivity contribution in [2.75, 3.05) is 19.8 Å². The van der Waals surface area contributed by atoms with Crippen LogP contribution < -0.4 is 0 Å². The number of rotatable bonds is 17. The van der Waals surface area contributed by atoms with Crippen LogP contribution >= 0.6 is 8.25 Å². The van der Waals surface area contributed by atoms with Gasteiger partial charge in [0, 0.05) is 4.57 Å². The van der Waals surface area contributed by atoms with Gasteiger partial charge in [0.2, 0.25) is 0 Å². The fourth-order valence-corrected chi connectivity index (χ4v) is 2.71. The van der Waals surface area contributed by atoms with Crippen molar-refractivity contribution in [3.8, 4) is 0 Å². The molecule has 0 aliphatic rings. The number of aliphatic hydroxyl groups excluding tert-OH is 1. The summed E-state index contributed by atoms with van der Waals surface area (Å²) < 4.78 is 21.8. The number of aliphatic hydroxyl groups is 1. The number of hydrogen-bond acceptors (Lipinski definition) is 5. The molecule has 0 unspecified atom stereocenters. The highest BCUT2D eigenvalue weighted by atomic mass is 31.1. The van der Waals surface area contributed by atoms with Crippen LogP contribution in [0.1, 0.15) is 90.9 Å². The molecular formula is C18H38O6P+. The fraction of sp³-hybridized carbons (Fsp3) is 0.944. The Bertz CT molecular complexity index is 279. The second kappa shape index (κ2) is 23.4. The molecule has 0 aromatic heterocycles. The molecule has 0 aliphatic carbocycles. The summed E-state index contributed by atoms with van der Waals surface area (Å²) in [5.41, 5.74) is 0. The van der Waals surface area contributed by atoms with Gasteiger partial charge < -0.3 is 10.2 Å². The lowest BCUT2D eigenvalue weighted by Gasteiger charge is -1.98. The summed E-state index contributed by atoms with van der Waals surface area (Å²) in [5.74, 6) is -1.19. The molecule has 7 heteroatoms. The van der Waals surface area contributed by atoms with Gasteiger partial charge >= 0.3 is 14.2 Å². The third kappa shape index (κ3) is 28.5. The van der Waals surface area contributed by atoms with Crippen molar-refractivity contribution in [3.05, 3.63) is 0 Å². The van der Waals surface area contributed by atoms with E-state index in [1.807, 2.05) is 0 Å². The second-order valence-corrected chi connectivity index (χ2v) is 6.94. The first kappa shape index (κ1) is 26.7. The minimum absolute atomic E-state index is 0.567. The van der Waals surface area contributed by atoms with E-state index in [0.717, 1.165) is 12.8 Å². The van der Waals surface area contributed by atoms with Crippen molar-refractivity contribution in [2.45, 2.75) is 90.9 Å². The van der Waals surface area contributed by atoms with Crippen LogP contribution in [-0.2, 0) is 18.4 Å². The molecule has 0 fully saturated rings. The first-order valence-corrected chi connectivity index (χ1v) is 10.7. The normalized spacial score (nSPS) is 10.2. The molecule has 0 bridgehead atoms. The summed E-state index contributed by atoms with van der Waals surface area (Å²) >= 11 is 0. The molecule has 2 N–H and O–H groups in total. The molecule has 0 radical (unpaired) electrons. The summed E-state index contributed by atoms with van der Waals surface area (Å²) in [6.45, 7) is 4.79. The Morgan fingerprint density at radius 3 is 1.40 bits per heavy atom. The highest BCUT2D eigenvalue weighted by Gasteiger charge is 2.18. The maximum atomic E-state index is 11.4. The van der Waals surface area contributed by atoms with Crippen molar-refractivity contribution < 1.29 is 28.6 Å². The second-order valence-electron chi connectivity index (χ2n) is 5.98. The van der Waals surface area contributed by atoms with Crippen molar-refractivity contribution in [3.63, 3.8) is 0 Å². The zero-order valence-electron chi connectivity index (χ0n) is 16.1. The molecule has 0 heterocycles. The Balaban J connectivity index is 0. The zero-order valence-corrected chi connectivity index (χ0v) is 17.0. The first-order valence-electron chi connectivity index (χ1n) is 9.64. The van der Waals surface area contributed by atoms with Crippen molar-refractivity contribution in [1.82, 2.24) is 0 Å². The number of carbonyl (C=O) groups is 1. The fourth-order valence-electron chi connectivity index (χ4n) is 2.08. The van der Waals surface area contributed by atoms with Gasteiger partial charge in [-0.2, -0.15) is 0 Å². The van der Waals surface area contributed by atoms with Crippen LogP contribution in [0, 0.1) is 0 Å². The van der Waals surface area contributed by atoms with E-state index in [0.29, 0.717) is 13.2 Å². The SMILES string of the molecule is CCCCCCCCO[P+](=O)OCCCCCCCC.O=C(O)CO. The van der Waals surface area contributed by atoms with Gasteiger partial charge in [-0.15, -0.1) is 9.05 Å². The van der Waals surface area contributed by atoms with E-state index in [-0.39, 0.29) is 0 Å². The van der Waals surface area contributed by atoms with Gasteiger partial charge in [-0.05, 0) is 12.8 Å². The lowest BCUT2D eigenvalue weighted by Crippen LogP contribution is -1.98. The Hall–Kier alpha value is -0.550. The zero-order chi connectivity index (χ0) is 19.2. The monoisotopic (exact) mass is 381 g/mol. The molecule has 25 heavy (non-hydrogen) atoms. The quantitative estimate of drug-likeness (QED) is 0.257. The van der Waals surface area contributed by atoms with Crippen LogP contribution in [0.2, 0.25) is 0 Å². The van der Waals surface area contributed by atoms with Crippen LogP contribution in [0.5, 0.6) is 0 Å². The summed E-state index contributed by atoms with van der Waals surface area (Å²) in [7, 11) is -1.89. The molecule has 0 spiro atoms. The molecule has 0 saturated carbocycles. The van der Waals surface area contributed by atoms with Gasteiger partial charge in [-0.3, -0.25) is 0 Å². The number of hydrogen-bond donors (Lipinski definition) is 2. The Kier molecular flexibility index (Phi) is 25.0. The van der Waals surface area contributed by atoms with Crippen LogP contribution in [-0.4, -0.2) is 36.0 Å². The molecule has 0 aliphatic heterocycles. The van der Waals surface area contributed by atoms with Gasteiger partial charge in [-0.1, -0.05) is 78.1 Å². The molecule has 0 saturated heterocycles. The van der Waals surface area contributed by atoms with E-state index < -0.39 is 20.8 Å². The number of unbranched alkanes of at least 4 members (excludes halogenated alkanes) is 10. The standard InChI is InChI=1S/C16H34O3P.C2H4O3/c1-3-5-7-9-11-13-15-18-20(17)19-16-14-12-10-8-6-4-2;3-1-2(4)5/h3-16H2,1-2H3;3H,1H2,(H,4,5)/q+1;. The Labute approximate surface area is 154 Å². The summed E-state index contributed by atoms with van der Waals surface area (Å²) in [4.78, 5) is 9.12. The van der Waals surface area contributed by atoms with E-state index in [4.69, 9.17) is 24.1 Å². The van der Waals surface area contributed by atoms with Crippen molar-refractivity contribution >= 4 is 14.2 Å². The van der Waals surface area contributed by atoms with Gasteiger partial charge in [0.15, 0.2) is 0 Å². The van der Waals surface area contributed by atoms with E-state index >= 15 is 0 Å². The average molecular weight is 381 g/mol. The smallest absolute Gasteiger partial charge is 0.480 e. The third-order valence-electron chi connectivity index (χ3n) is 3.52. The number of carboxylic acids is 1. The van der Waals surface area contributed by atoms with E-state index in [2.05, 4.69) is 13.8 Å². The van der Waals surface area contributed by atoms with Gasteiger partial charge in [-0.25, -0.2) is 4.79 Å². The summed E-state index contributed by atoms with van der Waals surface area (Å²) in [6, 6.07) is 0. The molecule has 150 valence electrons. The van der Waals surface area contributed by atoms with E-state index in [1.165, 1.54) is 64.2 Å². The van der Waals surface area contributed by atoms with Crippen LogP contribution in [0.15, 0.2) is 0 Å². The minimum atomic E-state index is -1.89. The number of carboxylic acid groups (broad SMARTS) is 1. The first-order chi connectivity index (χ1) is 12.1. The summed E-state index contributed by atoms with van der Waals surface area (Å²) in [6.07, 6.45) is 14.6. The van der Waals surface area contributed by atoms with Crippen LogP contribution in [0.25, 0.3) is 0 Å². The van der Waals surface area contributed by atoms with Gasteiger partial charge in [0.05, 0.1) is 0 Å². The van der Waals surface area contributed by atoms with Crippen molar-refractivity contribution in [2.24, 2.45) is 0 Å². The number of aliphatic carboxylic acids is 1. The molecule has 6 nitrogen and oxygen atoms in total. The topological polar surface area (TPSA) is 93.1 Å². The Morgan fingerprint density at radius 2 is 1.08 bits per heavy atom. The maximum Gasteiger partial charge on any atom is 0.697 e. The van der Waals surface area contributed by atoms with Gasteiger partial charge in [0.1, 0.15) is 19.8 Å². The summed E-state index contributed by atoms with van der Waals surface area (Å²) in [5, 5.41) is 15.0. The lowest BCUT2D eigenvalue weighted by atomic mass is 10.1. The highest BCUT2D eigenvalue weighted by molar-refractivity contribution is 7.33. The molecule has 0 aromatic rings. The largest absolute Gasteiger partial charge is 0.697 e. The Morgan fingerprint density at radius 1 is 0.760 bits per heavy atom. The molecule has 0 aromatic carbocycles. The predicted molar refractivity (Wildman–Crippen MR) is 101 cm³/mol. The molecule has 0 atom stereocenters. The minimum Gasteiger partial charge on any atom is -0.480 e. The van der Waals surface area contributed by atoms with Gasteiger partial charge in [0.25, 0.3) is 0 Å². The van der Waals surface area contributed by atoms with E-state index in [1.54, 1.807) is 0 Å². The predicted octanol–water partition coefficient (Wildman–Crippen LogP) is 5.46.